The lowest BCUT2D eigenvalue weighted by atomic mass is 9.47. The molecule has 30 atom stereocenters. The Morgan fingerprint density at radius 1 is 0.629 bits per heavy atom. The molecule has 0 bridgehead atoms. The van der Waals surface area contributed by atoms with Crippen molar-refractivity contribution in [3.63, 3.8) is 0 Å². The molecule has 20 heteroatoms. The first-order valence-electron chi connectivity index (χ1n) is 26.1. The van der Waals surface area contributed by atoms with Crippen molar-refractivity contribution in [1.82, 2.24) is 0 Å². The minimum atomic E-state index is -1.85. The van der Waals surface area contributed by atoms with Crippen LogP contribution >= 0.6 is 0 Å². The average Bonchev–Trinajstić information content (AvgIpc) is 3.77. The Hall–Kier alpha value is -1.06. The standard InChI is InChI=1S/C50H82O20/c1-8-9-14-50(61)20(2)31-29(70-50)18-28-26-11-10-24-17-25(12-15-48(24,6)27(26)13-16-49(28,31)7)65-47-43(69-45-38(58)35(55)33(53)22(4)63-45)40(60)42(30(19-51)66-47)68-46-39(59)36(56)41(23(5)64-46)67-44-37(57)34(54)32(52)21(3)62-44/h10,20-23,25-47,51-61H,8-9,11-19H2,1-7H3/t20-,21-,22-,23-,25-,26+,27-,28-,29-,30+,31?,32-,33-,34+,35+,36-,37+,38+,39+,40-,41-,42+,43+,44-,45-,46-,47+,48-,49-,50+/m0/s1. The lowest BCUT2D eigenvalue weighted by Gasteiger charge is -2.58. The molecular weight excluding hydrogens is 921 g/mol. The summed E-state index contributed by atoms with van der Waals surface area (Å²) in [6, 6.07) is 0. The van der Waals surface area contributed by atoms with Crippen molar-refractivity contribution in [2.24, 2.45) is 40.4 Å². The van der Waals surface area contributed by atoms with Crippen LogP contribution in [-0.2, 0) is 42.6 Å². The molecule has 11 N–H and O–H groups in total. The van der Waals surface area contributed by atoms with Gasteiger partial charge in [0.05, 0.1) is 37.1 Å². The zero-order valence-electron chi connectivity index (χ0n) is 41.5. The first-order chi connectivity index (χ1) is 33.1. The number of ether oxygens (including phenoxy) is 9. The predicted octanol–water partition coefficient (Wildman–Crippen LogP) is -0.170. The molecule has 402 valence electrons. The number of allylic oxidation sites excluding steroid dienone is 1. The van der Waals surface area contributed by atoms with Gasteiger partial charge in [-0.25, -0.2) is 0 Å². The van der Waals surface area contributed by atoms with Crippen molar-refractivity contribution in [1.29, 1.82) is 0 Å². The van der Waals surface area contributed by atoms with Gasteiger partial charge in [-0.05, 0) is 107 Å². The monoisotopic (exact) mass is 1000 g/mol. The van der Waals surface area contributed by atoms with E-state index >= 15 is 0 Å². The molecule has 0 radical (unpaired) electrons. The smallest absolute Gasteiger partial charge is 0.187 e. The maximum Gasteiger partial charge on any atom is 0.187 e. The first-order valence-corrected chi connectivity index (χ1v) is 26.1. The molecule has 0 aromatic carbocycles. The molecule has 9 rings (SSSR count). The SMILES string of the molecule is CCCC[C@@]1(O)O[C@H]2C[C@H]3[C@@H]4CC=C5C[C@@H](O[C@@H]6O[C@H](CO)[C@@H](O[C@@H]7O[C@@H](C)[C@H](O[C@@H]8O[C@@H](C)[C@H](O)[C@@H](O)[C@H]8O)[C@@H](O)[C@H]7O)[C@H](O)[C@H]6O[C@@H]6O[C@@H](C)[C@H](O)[C@@H](O)[C@H]6O)CC[C@]5(C)[C@H]4CC[C@]3(C)C2[C@@H]1C. The molecule has 0 aromatic rings. The molecule has 70 heavy (non-hydrogen) atoms. The van der Waals surface area contributed by atoms with E-state index in [-0.39, 0.29) is 22.9 Å². The van der Waals surface area contributed by atoms with Crippen molar-refractivity contribution in [3.8, 4) is 0 Å². The van der Waals surface area contributed by atoms with E-state index in [1.54, 1.807) is 0 Å². The molecule has 5 heterocycles. The zero-order valence-corrected chi connectivity index (χ0v) is 41.5. The highest BCUT2D eigenvalue weighted by atomic mass is 16.8. The fourth-order valence-electron chi connectivity index (χ4n) is 14.8. The Morgan fingerprint density at radius 3 is 1.83 bits per heavy atom. The van der Waals surface area contributed by atoms with Crippen LogP contribution in [0.4, 0.5) is 0 Å². The van der Waals surface area contributed by atoms with E-state index in [2.05, 4.69) is 33.8 Å². The second kappa shape index (κ2) is 20.5. The van der Waals surface area contributed by atoms with Gasteiger partial charge < -0.3 is 98.8 Å². The van der Waals surface area contributed by atoms with Gasteiger partial charge in [-0.2, -0.15) is 0 Å². The molecule has 1 unspecified atom stereocenters. The van der Waals surface area contributed by atoms with Gasteiger partial charge in [-0.3, -0.25) is 0 Å². The first kappa shape index (κ1) is 53.8. The molecule has 0 aromatic heterocycles. The fraction of sp³-hybridized carbons (Fsp3) is 0.960. The van der Waals surface area contributed by atoms with Crippen LogP contribution in [0.25, 0.3) is 0 Å². The number of rotatable bonds is 12. The van der Waals surface area contributed by atoms with Crippen LogP contribution in [0, 0.1) is 40.4 Å². The van der Waals surface area contributed by atoms with E-state index in [0.29, 0.717) is 42.9 Å². The highest BCUT2D eigenvalue weighted by molar-refractivity contribution is 5.26. The van der Waals surface area contributed by atoms with Crippen molar-refractivity contribution in [2.45, 2.75) is 253 Å². The summed E-state index contributed by atoms with van der Waals surface area (Å²) in [4.78, 5) is 0. The summed E-state index contributed by atoms with van der Waals surface area (Å²) in [5.74, 6) is 0.717. The molecule has 5 saturated heterocycles. The summed E-state index contributed by atoms with van der Waals surface area (Å²) < 4.78 is 55.2. The number of hydrogen-bond acceptors (Lipinski definition) is 20. The molecule has 20 nitrogen and oxygen atoms in total. The number of hydrogen-bond donors (Lipinski definition) is 11. The Morgan fingerprint density at radius 2 is 1.21 bits per heavy atom. The highest BCUT2D eigenvalue weighted by Crippen LogP contribution is 2.70. The number of fused-ring (bicyclic) bond motifs is 7. The van der Waals surface area contributed by atoms with Gasteiger partial charge in [0.2, 0.25) is 0 Å². The van der Waals surface area contributed by atoms with Crippen LogP contribution in [0.2, 0.25) is 0 Å². The third kappa shape index (κ3) is 9.19. The molecule has 4 aliphatic carbocycles. The summed E-state index contributed by atoms with van der Waals surface area (Å²) in [6.07, 6.45) is -19.1. The second-order valence-electron chi connectivity index (χ2n) is 23.0. The number of aliphatic hydroxyl groups is 11. The zero-order chi connectivity index (χ0) is 50.5. The van der Waals surface area contributed by atoms with Crippen LogP contribution < -0.4 is 0 Å². The van der Waals surface area contributed by atoms with Gasteiger partial charge in [0.15, 0.2) is 30.9 Å². The number of unbranched alkanes of at least 4 members (excludes halogenated alkanes) is 1. The molecule has 3 saturated carbocycles. The third-order valence-corrected chi connectivity index (χ3v) is 19.0. The normalized spacial score (nSPS) is 56.9. The third-order valence-electron chi connectivity index (χ3n) is 19.0. The van der Waals surface area contributed by atoms with Gasteiger partial charge in [0, 0.05) is 12.3 Å². The Balaban J connectivity index is 0.899. The summed E-state index contributed by atoms with van der Waals surface area (Å²) in [5, 5.41) is 121. The van der Waals surface area contributed by atoms with Crippen molar-refractivity contribution < 1.29 is 98.8 Å². The van der Waals surface area contributed by atoms with E-state index in [1.165, 1.54) is 26.3 Å². The Labute approximate surface area is 410 Å². The van der Waals surface area contributed by atoms with E-state index in [1.807, 2.05) is 0 Å². The molecule has 0 amide bonds. The lowest BCUT2D eigenvalue weighted by Crippen LogP contribution is -2.67. The fourth-order valence-corrected chi connectivity index (χ4v) is 14.8. The lowest BCUT2D eigenvalue weighted by molar-refractivity contribution is -0.394. The Kier molecular flexibility index (Phi) is 15.7. The quantitative estimate of drug-likeness (QED) is 0.113. The van der Waals surface area contributed by atoms with Gasteiger partial charge in [-0.15, -0.1) is 0 Å². The maximum absolute atomic E-state index is 12.2. The topological polar surface area (TPSA) is 306 Å². The van der Waals surface area contributed by atoms with Crippen molar-refractivity contribution in [3.05, 3.63) is 11.6 Å². The van der Waals surface area contributed by atoms with Crippen LogP contribution in [0.1, 0.15) is 113 Å². The van der Waals surface area contributed by atoms with Gasteiger partial charge in [0.25, 0.3) is 0 Å². The van der Waals surface area contributed by atoms with E-state index < -0.39 is 141 Å². The van der Waals surface area contributed by atoms with Crippen molar-refractivity contribution in [2.75, 3.05) is 6.61 Å². The van der Waals surface area contributed by atoms with Crippen LogP contribution in [0.5, 0.6) is 0 Å². The van der Waals surface area contributed by atoms with E-state index in [4.69, 9.17) is 42.6 Å². The van der Waals surface area contributed by atoms with Crippen LogP contribution in [0.15, 0.2) is 11.6 Å². The molecule has 5 aliphatic heterocycles. The van der Waals surface area contributed by atoms with Crippen LogP contribution in [-0.4, -0.2) is 204 Å². The number of aliphatic hydroxyl groups excluding tert-OH is 10. The minimum absolute atomic E-state index is 0.0518. The molecule has 9 aliphatic rings. The van der Waals surface area contributed by atoms with Crippen molar-refractivity contribution >= 4 is 0 Å². The van der Waals surface area contributed by atoms with E-state index in [0.717, 1.165) is 44.9 Å². The summed E-state index contributed by atoms with van der Waals surface area (Å²) in [6.45, 7) is 12.9. The van der Waals surface area contributed by atoms with E-state index in [9.17, 15) is 56.2 Å². The summed E-state index contributed by atoms with van der Waals surface area (Å²) in [7, 11) is 0. The maximum atomic E-state index is 12.2. The van der Waals surface area contributed by atoms with Gasteiger partial charge >= 0.3 is 0 Å². The summed E-state index contributed by atoms with van der Waals surface area (Å²) >= 11 is 0. The molecular formula is C50H82O20. The molecule has 0 spiro atoms. The summed E-state index contributed by atoms with van der Waals surface area (Å²) in [5.41, 5.74) is 1.28. The van der Waals surface area contributed by atoms with Gasteiger partial charge in [-0.1, -0.05) is 45.8 Å². The van der Waals surface area contributed by atoms with Gasteiger partial charge in [0.1, 0.15) is 79.4 Å². The highest BCUT2D eigenvalue weighted by Gasteiger charge is 2.68. The predicted molar refractivity (Wildman–Crippen MR) is 241 cm³/mol. The van der Waals surface area contributed by atoms with Crippen LogP contribution in [0.3, 0.4) is 0 Å². The molecule has 8 fully saturated rings. The average molecular weight is 1000 g/mol. The Bertz CT molecular complexity index is 1830. The minimum Gasteiger partial charge on any atom is -0.394 e. The largest absolute Gasteiger partial charge is 0.394 e. The second-order valence-corrected chi connectivity index (χ2v) is 23.0.